The average molecular weight is 399 g/mol. The zero-order valence-corrected chi connectivity index (χ0v) is 17.7. The van der Waals surface area contributed by atoms with E-state index in [2.05, 4.69) is 12.8 Å². The van der Waals surface area contributed by atoms with Crippen LogP contribution in [0.15, 0.2) is 23.8 Å². The van der Waals surface area contributed by atoms with Gasteiger partial charge in [0, 0.05) is 24.9 Å². The minimum absolute atomic E-state index is 0.158. The number of hydrogen-bond acceptors (Lipinski definition) is 4. The maximum absolute atomic E-state index is 11.9. The SMILES string of the molecule is C#C[C@H]1C[C@@]2(C)[C@@H](CC[C@@]2(O)/C=C\COCOC)[C@@H]2CCC3=CC(=O)CC[C@@H]3[C@H]21. The van der Waals surface area contributed by atoms with Crippen LogP contribution in [0.1, 0.15) is 51.9 Å². The lowest BCUT2D eigenvalue weighted by atomic mass is 9.47. The van der Waals surface area contributed by atoms with E-state index < -0.39 is 5.60 Å². The number of carbonyl (C=O) groups is 1. The second kappa shape index (κ2) is 8.02. The number of carbonyl (C=O) groups excluding carboxylic acids is 1. The summed E-state index contributed by atoms with van der Waals surface area (Å²) in [5.74, 6) is 5.50. The smallest absolute Gasteiger partial charge is 0.155 e. The molecular formula is C25H34O4. The van der Waals surface area contributed by atoms with E-state index in [4.69, 9.17) is 15.9 Å². The zero-order valence-electron chi connectivity index (χ0n) is 17.7. The summed E-state index contributed by atoms with van der Waals surface area (Å²) < 4.78 is 10.3. The maximum atomic E-state index is 11.9. The number of ketones is 1. The number of hydrogen-bond donors (Lipinski definition) is 1. The van der Waals surface area contributed by atoms with Gasteiger partial charge in [0.25, 0.3) is 0 Å². The van der Waals surface area contributed by atoms with Crippen LogP contribution in [-0.4, -0.2) is 37.0 Å². The molecule has 0 heterocycles. The first-order valence-corrected chi connectivity index (χ1v) is 11.1. The Morgan fingerprint density at radius 3 is 2.93 bits per heavy atom. The van der Waals surface area contributed by atoms with Crippen molar-refractivity contribution in [1.82, 2.24) is 0 Å². The molecule has 0 spiro atoms. The van der Waals surface area contributed by atoms with Crippen molar-refractivity contribution in [3.63, 3.8) is 0 Å². The van der Waals surface area contributed by atoms with Gasteiger partial charge in [0.15, 0.2) is 5.78 Å². The first-order valence-electron chi connectivity index (χ1n) is 11.1. The van der Waals surface area contributed by atoms with Gasteiger partial charge in [-0.1, -0.05) is 24.6 Å². The van der Waals surface area contributed by atoms with Crippen LogP contribution in [0, 0.1) is 47.3 Å². The fourth-order valence-electron chi connectivity index (χ4n) is 7.23. The molecule has 7 atom stereocenters. The Balaban J connectivity index is 1.59. The zero-order chi connectivity index (χ0) is 20.6. The summed E-state index contributed by atoms with van der Waals surface area (Å²) in [6, 6.07) is 0. The van der Waals surface area contributed by atoms with Crippen LogP contribution in [0.25, 0.3) is 0 Å². The fraction of sp³-hybridized carbons (Fsp3) is 0.720. The van der Waals surface area contributed by atoms with Crippen LogP contribution < -0.4 is 0 Å². The minimum Gasteiger partial charge on any atom is -0.385 e. The van der Waals surface area contributed by atoms with Crippen molar-refractivity contribution in [1.29, 1.82) is 0 Å². The van der Waals surface area contributed by atoms with Gasteiger partial charge in [-0.15, -0.1) is 12.3 Å². The Morgan fingerprint density at radius 2 is 2.17 bits per heavy atom. The Hall–Kier alpha value is -1.41. The molecule has 0 aliphatic heterocycles. The third-order valence-corrected chi connectivity index (χ3v) is 8.54. The highest BCUT2D eigenvalue weighted by Crippen LogP contribution is 2.66. The molecular weight excluding hydrogens is 364 g/mol. The van der Waals surface area contributed by atoms with Gasteiger partial charge >= 0.3 is 0 Å². The molecule has 158 valence electrons. The summed E-state index contributed by atoms with van der Waals surface area (Å²) in [6.45, 7) is 2.94. The van der Waals surface area contributed by atoms with Crippen molar-refractivity contribution in [2.45, 2.75) is 57.5 Å². The minimum atomic E-state index is -0.840. The molecule has 29 heavy (non-hydrogen) atoms. The van der Waals surface area contributed by atoms with Crippen LogP contribution in [0.2, 0.25) is 0 Å². The van der Waals surface area contributed by atoms with Gasteiger partial charge in [0.1, 0.15) is 6.79 Å². The molecule has 3 saturated carbocycles. The van der Waals surface area contributed by atoms with Crippen LogP contribution in [0.4, 0.5) is 0 Å². The lowest BCUT2D eigenvalue weighted by molar-refractivity contribution is -0.118. The second-order valence-electron chi connectivity index (χ2n) is 9.75. The molecule has 3 fully saturated rings. The number of ether oxygens (including phenoxy) is 2. The molecule has 0 radical (unpaired) electrons. The third-order valence-electron chi connectivity index (χ3n) is 8.54. The van der Waals surface area contributed by atoms with Gasteiger partial charge in [-0.3, -0.25) is 4.79 Å². The summed E-state index contributed by atoms with van der Waals surface area (Å²) in [4.78, 5) is 11.9. The number of rotatable bonds is 5. The highest BCUT2D eigenvalue weighted by molar-refractivity contribution is 5.91. The van der Waals surface area contributed by atoms with Gasteiger partial charge < -0.3 is 14.6 Å². The van der Waals surface area contributed by atoms with Crippen molar-refractivity contribution in [3.05, 3.63) is 23.8 Å². The predicted octanol–water partition coefficient (Wildman–Crippen LogP) is 3.90. The lowest BCUT2D eigenvalue weighted by Crippen LogP contribution is -2.55. The van der Waals surface area contributed by atoms with Crippen LogP contribution >= 0.6 is 0 Å². The Kier molecular flexibility index (Phi) is 5.77. The molecule has 1 N–H and O–H groups in total. The number of fused-ring (bicyclic) bond motifs is 5. The Bertz CT molecular complexity index is 746. The second-order valence-corrected chi connectivity index (χ2v) is 9.75. The van der Waals surface area contributed by atoms with Crippen molar-refractivity contribution in [3.8, 4) is 12.3 Å². The maximum Gasteiger partial charge on any atom is 0.155 e. The molecule has 0 aromatic heterocycles. The van der Waals surface area contributed by atoms with Crippen LogP contribution in [0.3, 0.4) is 0 Å². The van der Waals surface area contributed by atoms with E-state index in [0.29, 0.717) is 36.7 Å². The van der Waals surface area contributed by atoms with E-state index in [1.165, 1.54) is 5.57 Å². The lowest BCUT2D eigenvalue weighted by Gasteiger charge is -2.57. The first-order chi connectivity index (χ1) is 13.9. The van der Waals surface area contributed by atoms with Crippen LogP contribution in [-0.2, 0) is 14.3 Å². The summed E-state index contributed by atoms with van der Waals surface area (Å²) >= 11 is 0. The van der Waals surface area contributed by atoms with Gasteiger partial charge in [0.2, 0.25) is 0 Å². The quantitative estimate of drug-likeness (QED) is 0.330. The molecule has 4 rings (SSSR count). The molecule has 0 bridgehead atoms. The van der Waals surface area contributed by atoms with Gasteiger partial charge in [-0.2, -0.15) is 0 Å². The van der Waals surface area contributed by atoms with Crippen molar-refractivity contribution < 1.29 is 19.4 Å². The normalized spacial score (nSPS) is 44.0. The molecule has 4 nitrogen and oxygen atoms in total. The summed E-state index contributed by atoms with van der Waals surface area (Å²) in [5.41, 5.74) is 0.288. The summed E-state index contributed by atoms with van der Waals surface area (Å²) in [5, 5.41) is 11.7. The topological polar surface area (TPSA) is 55.8 Å². The highest BCUT2D eigenvalue weighted by Gasteiger charge is 2.63. The standard InChI is InChI=1S/C25H34O4/c1-4-17-15-24(2)22(10-12-25(24,27)11-5-13-29-16-28-3)21-8-6-18-14-19(26)7-9-20(18)23(17)21/h1,5,11,14,17,20-23,27H,6-10,12-13,15-16H2,2-3H3/b11-5-/t17-,20-,21-,22-,23+,24-,25-/m0/s1. The molecule has 4 aliphatic rings. The number of allylic oxidation sites excluding steroid dienone is 1. The third kappa shape index (κ3) is 3.42. The van der Waals surface area contributed by atoms with E-state index >= 15 is 0 Å². The van der Waals surface area contributed by atoms with Crippen molar-refractivity contribution >= 4 is 5.78 Å². The molecule has 0 unspecified atom stereocenters. The molecule has 0 aromatic carbocycles. The average Bonchev–Trinajstić information content (AvgIpc) is 2.97. The van der Waals surface area contributed by atoms with Gasteiger partial charge in [-0.25, -0.2) is 0 Å². The molecule has 0 saturated heterocycles. The molecule has 4 heteroatoms. The Labute approximate surface area is 174 Å². The number of terminal acetylenes is 1. The largest absolute Gasteiger partial charge is 0.385 e. The van der Waals surface area contributed by atoms with E-state index in [0.717, 1.165) is 38.5 Å². The number of aliphatic hydroxyl groups is 1. The fourth-order valence-corrected chi connectivity index (χ4v) is 7.23. The Morgan fingerprint density at radius 1 is 1.34 bits per heavy atom. The molecule has 0 amide bonds. The van der Waals surface area contributed by atoms with Crippen molar-refractivity contribution in [2.75, 3.05) is 20.5 Å². The van der Waals surface area contributed by atoms with Crippen molar-refractivity contribution in [2.24, 2.45) is 35.0 Å². The molecule has 4 aliphatic carbocycles. The highest BCUT2D eigenvalue weighted by atomic mass is 16.7. The predicted molar refractivity (Wildman–Crippen MR) is 112 cm³/mol. The number of methoxy groups -OCH3 is 1. The van der Waals surface area contributed by atoms with E-state index in [1.807, 2.05) is 18.2 Å². The van der Waals surface area contributed by atoms with E-state index in [-0.39, 0.29) is 23.9 Å². The van der Waals surface area contributed by atoms with E-state index in [1.54, 1.807) is 7.11 Å². The van der Waals surface area contributed by atoms with Gasteiger partial charge in [-0.05, 0) is 68.3 Å². The van der Waals surface area contributed by atoms with E-state index in [9.17, 15) is 9.90 Å². The van der Waals surface area contributed by atoms with Crippen LogP contribution in [0.5, 0.6) is 0 Å². The summed E-state index contributed by atoms with van der Waals surface area (Å²) in [6.07, 6.45) is 18.3. The van der Waals surface area contributed by atoms with Gasteiger partial charge in [0.05, 0.1) is 12.2 Å². The first kappa shape index (κ1) is 20.8. The summed E-state index contributed by atoms with van der Waals surface area (Å²) in [7, 11) is 1.60. The monoisotopic (exact) mass is 398 g/mol. The molecule has 0 aromatic rings.